The lowest BCUT2D eigenvalue weighted by molar-refractivity contribution is 0.230. The molecule has 0 bridgehead atoms. The molecule has 0 aliphatic carbocycles. The molecule has 0 saturated carbocycles. The molecule has 0 aliphatic rings. The van der Waals surface area contributed by atoms with Gasteiger partial charge in [0.25, 0.3) is 5.56 Å². The molecule has 0 radical (unpaired) electrons. The van der Waals surface area contributed by atoms with Crippen LogP contribution < -0.4 is 14.6 Å². The smallest absolute Gasteiger partial charge is 0.250 e. The molecule has 0 aliphatic heterocycles. The topological polar surface area (TPSA) is 84.7 Å². The number of ether oxygens (including phenoxy) is 1. The number of benzene rings is 2. The molecule has 4 rings (SSSR count). The molecule has 40 heavy (non-hydrogen) atoms. The number of nitrogens with zero attached hydrogens (tertiary/aromatic N) is 4. The summed E-state index contributed by atoms with van der Waals surface area (Å²) in [4.78, 5) is 18.4. The summed E-state index contributed by atoms with van der Waals surface area (Å²) in [6.07, 6.45) is 6.52. The van der Waals surface area contributed by atoms with Crippen molar-refractivity contribution in [3.63, 3.8) is 0 Å². The molecule has 0 N–H and O–H groups in total. The Morgan fingerprint density at radius 2 is 1.60 bits per heavy atom. The van der Waals surface area contributed by atoms with Gasteiger partial charge in [-0.05, 0) is 72.5 Å². The summed E-state index contributed by atoms with van der Waals surface area (Å²) in [5.41, 5.74) is 3.85. The molecular weight excluding hydrogens is 571 g/mol. The van der Waals surface area contributed by atoms with Crippen LogP contribution >= 0.6 is 24.8 Å². The van der Waals surface area contributed by atoms with Gasteiger partial charge in [-0.1, -0.05) is 12.1 Å². The predicted molar refractivity (Wildman–Crippen MR) is 167 cm³/mol. The van der Waals surface area contributed by atoms with E-state index in [-0.39, 0.29) is 30.4 Å². The Balaban J connectivity index is 0.00000280. The molecule has 2 heterocycles. The number of sulfonamides is 1. The van der Waals surface area contributed by atoms with Crippen LogP contribution in [-0.4, -0.2) is 55.9 Å². The number of halogens is 2. The first-order valence-electron chi connectivity index (χ1n) is 12.6. The third-order valence-corrected chi connectivity index (χ3v) is 7.86. The first kappa shape index (κ1) is 33.1. The highest BCUT2D eigenvalue weighted by Gasteiger charge is 2.12. The molecule has 0 saturated heterocycles. The summed E-state index contributed by atoms with van der Waals surface area (Å²) >= 11 is 0. The Morgan fingerprint density at radius 3 is 2.27 bits per heavy atom. The van der Waals surface area contributed by atoms with Crippen LogP contribution in [0.1, 0.15) is 17.5 Å². The van der Waals surface area contributed by atoms with Crippen LogP contribution in [0.25, 0.3) is 10.9 Å². The van der Waals surface area contributed by atoms with Crippen molar-refractivity contribution in [2.75, 3.05) is 37.3 Å². The van der Waals surface area contributed by atoms with Gasteiger partial charge in [-0.2, -0.15) is 0 Å². The fourth-order valence-corrected chi connectivity index (χ4v) is 4.80. The van der Waals surface area contributed by atoms with Gasteiger partial charge in [-0.15, -0.1) is 24.8 Å². The Bertz CT molecular complexity index is 1530. The largest absolute Gasteiger partial charge is 0.494 e. The van der Waals surface area contributed by atoms with Crippen LogP contribution in [0.15, 0.2) is 83.9 Å². The van der Waals surface area contributed by atoms with Crippen LogP contribution in [0.5, 0.6) is 5.75 Å². The van der Waals surface area contributed by atoms with Crippen LogP contribution in [0.3, 0.4) is 0 Å². The molecular formula is C29H36Cl2N4O4S. The molecule has 0 atom stereocenters. The first-order chi connectivity index (χ1) is 18.2. The highest BCUT2D eigenvalue weighted by Crippen LogP contribution is 2.20. The molecule has 4 aromatic rings. The van der Waals surface area contributed by atoms with E-state index < -0.39 is 10.0 Å². The quantitative estimate of drug-likeness (QED) is 0.218. The molecule has 216 valence electrons. The summed E-state index contributed by atoms with van der Waals surface area (Å²) < 4.78 is 32.5. The lowest BCUT2D eigenvalue weighted by atomic mass is 10.1. The van der Waals surface area contributed by atoms with Gasteiger partial charge >= 0.3 is 0 Å². The average molecular weight is 608 g/mol. The van der Waals surface area contributed by atoms with Crippen LogP contribution in [0.2, 0.25) is 0 Å². The third kappa shape index (κ3) is 8.96. The van der Waals surface area contributed by atoms with Crippen LogP contribution in [0.4, 0.5) is 5.69 Å². The number of pyridine rings is 2. The van der Waals surface area contributed by atoms with Crippen molar-refractivity contribution in [3.05, 3.63) is 101 Å². The maximum absolute atomic E-state index is 11.8. The van der Waals surface area contributed by atoms with E-state index >= 15 is 0 Å². The summed E-state index contributed by atoms with van der Waals surface area (Å²) in [6.45, 7) is 3.10. The van der Waals surface area contributed by atoms with E-state index in [4.69, 9.17) is 4.74 Å². The zero-order chi connectivity index (χ0) is 27.1. The molecule has 2 aromatic carbocycles. The minimum atomic E-state index is -3.28. The highest BCUT2D eigenvalue weighted by molar-refractivity contribution is 7.92. The van der Waals surface area contributed by atoms with Gasteiger partial charge in [0.1, 0.15) is 5.75 Å². The van der Waals surface area contributed by atoms with Gasteiger partial charge in [0.05, 0.1) is 24.1 Å². The Labute approximate surface area is 248 Å². The molecule has 8 nitrogen and oxygen atoms in total. The van der Waals surface area contributed by atoms with Crippen molar-refractivity contribution in [1.82, 2.24) is 14.5 Å². The zero-order valence-electron chi connectivity index (χ0n) is 22.9. The highest BCUT2D eigenvalue weighted by atomic mass is 35.5. The fourth-order valence-electron chi connectivity index (χ4n) is 4.30. The third-order valence-electron chi connectivity index (χ3n) is 6.65. The number of aromatic nitrogens is 2. The number of fused-ring (bicyclic) bond motifs is 1. The number of rotatable bonds is 12. The predicted octanol–water partition coefficient (Wildman–Crippen LogP) is 4.69. The van der Waals surface area contributed by atoms with E-state index in [2.05, 4.69) is 9.88 Å². The summed E-state index contributed by atoms with van der Waals surface area (Å²) in [6, 6.07) is 20.9. The minimum Gasteiger partial charge on any atom is -0.494 e. The van der Waals surface area contributed by atoms with Crippen molar-refractivity contribution in [3.8, 4) is 5.75 Å². The van der Waals surface area contributed by atoms with Gasteiger partial charge in [0.15, 0.2) is 0 Å². The summed E-state index contributed by atoms with van der Waals surface area (Å²) in [5.74, 6) is 0.788. The van der Waals surface area contributed by atoms with E-state index in [0.717, 1.165) is 54.7 Å². The van der Waals surface area contributed by atoms with E-state index in [1.165, 1.54) is 16.1 Å². The van der Waals surface area contributed by atoms with E-state index in [9.17, 15) is 13.2 Å². The van der Waals surface area contributed by atoms with Crippen LogP contribution in [0, 0.1) is 0 Å². The van der Waals surface area contributed by atoms with E-state index in [1.807, 2.05) is 73.1 Å². The standard InChI is InChI=1S/C29H34N4O4S.2ClH/c1-31-28-11-10-27(21-25(28)7-12-29(31)34)37-20-4-18-33(22-24-13-16-30-17-14-24)19-15-23-5-8-26(9-6-23)32(2)38(3,35)36;;/h5-14,16-17,21H,4,15,18-20,22H2,1-3H3;2*1H. The molecule has 0 amide bonds. The second kappa shape index (κ2) is 15.0. The van der Waals surface area contributed by atoms with Crippen molar-refractivity contribution >= 4 is 51.4 Å². The normalized spacial score (nSPS) is 11.1. The lowest BCUT2D eigenvalue weighted by Crippen LogP contribution is -2.28. The lowest BCUT2D eigenvalue weighted by Gasteiger charge is -2.23. The number of aryl methyl sites for hydroxylation is 1. The van der Waals surface area contributed by atoms with Crippen molar-refractivity contribution in [2.24, 2.45) is 7.05 Å². The number of hydrogen-bond acceptors (Lipinski definition) is 6. The van der Waals surface area contributed by atoms with Crippen molar-refractivity contribution < 1.29 is 13.2 Å². The maximum atomic E-state index is 11.8. The second-order valence-electron chi connectivity index (χ2n) is 9.43. The first-order valence-corrected chi connectivity index (χ1v) is 14.4. The molecule has 0 unspecified atom stereocenters. The second-order valence-corrected chi connectivity index (χ2v) is 11.4. The number of hydrogen-bond donors (Lipinski definition) is 0. The molecule has 0 spiro atoms. The van der Waals surface area contributed by atoms with Crippen LogP contribution in [-0.2, 0) is 30.0 Å². The van der Waals surface area contributed by atoms with E-state index in [0.29, 0.717) is 12.3 Å². The molecule has 11 heteroatoms. The van der Waals surface area contributed by atoms with Crippen molar-refractivity contribution in [2.45, 2.75) is 19.4 Å². The van der Waals surface area contributed by atoms with Gasteiger partial charge in [-0.3, -0.25) is 19.0 Å². The fraction of sp³-hybridized carbons (Fsp3) is 0.310. The monoisotopic (exact) mass is 606 g/mol. The average Bonchev–Trinajstić information content (AvgIpc) is 2.91. The van der Waals surface area contributed by atoms with Gasteiger partial charge < -0.3 is 9.30 Å². The Morgan fingerprint density at radius 1 is 0.900 bits per heavy atom. The SMILES string of the molecule is CN(c1ccc(CCN(CCCOc2ccc3c(ccc(=O)n3C)c2)Cc2ccncc2)cc1)S(C)(=O)=O.Cl.Cl. The number of anilines is 1. The van der Waals surface area contributed by atoms with E-state index in [1.54, 1.807) is 24.7 Å². The van der Waals surface area contributed by atoms with Gasteiger partial charge in [-0.25, -0.2) is 8.42 Å². The van der Waals surface area contributed by atoms with Crippen molar-refractivity contribution in [1.29, 1.82) is 0 Å². The summed E-state index contributed by atoms with van der Waals surface area (Å²) in [7, 11) is 0.0454. The molecule has 2 aromatic heterocycles. The Kier molecular flexibility index (Phi) is 12.4. The minimum absolute atomic E-state index is 0. The zero-order valence-corrected chi connectivity index (χ0v) is 25.3. The molecule has 0 fully saturated rings. The summed E-state index contributed by atoms with van der Waals surface area (Å²) in [5, 5.41) is 0.970. The maximum Gasteiger partial charge on any atom is 0.250 e. The van der Waals surface area contributed by atoms with Gasteiger partial charge in [0.2, 0.25) is 10.0 Å². The Hall–Kier alpha value is -3.11. The van der Waals surface area contributed by atoms with Gasteiger partial charge in [0, 0.05) is 57.6 Å².